The monoisotopic (exact) mass is 240 g/mol. The highest BCUT2D eigenvalue weighted by molar-refractivity contribution is 5.50. The maximum atomic E-state index is 3.93. The van der Waals surface area contributed by atoms with E-state index < -0.39 is 0 Å². The van der Waals surface area contributed by atoms with Crippen LogP contribution in [0.4, 0.5) is 0 Å². The van der Waals surface area contributed by atoms with Crippen molar-refractivity contribution in [3.63, 3.8) is 0 Å². The van der Waals surface area contributed by atoms with Gasteiger partial charge in [-0.05, 0) is 37.7 Å². The maximum absolute atomic E-state index is 3.93. The van der Waals surface area contributed by atoms with E-state index in [1.165, 1.54) is 24.0 Å². The number of rotatable bonds is 7. The highest BCUT2D eigenvalue weighted by Gasteiger charge is 1.96. The van der Waals surface area contributed by atoms with E-state index in [0.29, 0.717) is 5.92 Å². The second kappa shape index (κ2) is 8.52. The molecule has 96 valence electrons. The molecular formula is C18H24. The molecule has 0 heteroatoms. The third-order valence-corrected chi connectivity index (χ3v) is 2.90. The first kappa shape index (κ1) is 14.5. The van der Waals surface area contributed by atoms with Crippen LogP contribution >= 0.6 is 0 Å². The topological polar surface area (TPSA) is 0 Å². The lowest BCUT2D eigenvalue weighted by Crippen LogP contribution is -1.89. The Bertz CT molecular complexity index is 395. The van der Waals surface area contributed by atoms with Crippen molar-refractivity contribution >= 4 is 6.08 Å². The fraction of sp³-hybridized carbons (Fsp3) is 0.333. The third kappa shape index (κ3) is 6.90. The first-order valence-corrected chi connectivity index (χ1v) is 6.73. The molecule has 0 radical (unpaired) electrons. The van der Waals surface area contributed by atoms with Gasteiger partial charge in [-0.2, -0.15) is 0 Å². The predicted molar refractivity (Wildman–Crippen MR) is 82.4 cm³/mol. The second-order valence-electron chi connectivity index (χ2n) is 4.98. The molecule has 1 aromatic carbocycles. The summed E-state index contributed by atoms with van der Waals surface area (Å²) in [5.74, 6) is 0.643. The standard InChI is InChI=1S/C18H24/c1-16(2)10-9-12-17(3)11-7-8-15-18-13-5-4-6-14-18/h4-8,11,13-15,17H,1,9-10,12H2,2-3H3. The van der Waals surface area contributed by atoms with E-state index in [9.17, 15) is 0 Å². The summed E-state index contributed by atoms with van der Waals surface area (Å²) in [5, 5.41) is 0. The highest BCUT2D eigenvalue weighted by atomic mass is 14.0. The third-order valence-electron chi connectivity index (χ3n) is 2.90. The van der Waals surface area contributed by atoms with Gasteiger partial charge in [0, 0.05) is 0 Å². The van der Waals surface area contributed by atoms with Gasteiger partial charge in [0.25, 0.3) is 0 Å². The van der Waals surface area contributed by atoms with Crippen molar-refractivity contribution < 1.29 is 0 Å². The molecule has 0 N–H and O–H groups in total. The maximum Gasteiger partial charge on any atom is -0.0257 e. The molecule has 0 saturated carbocycles. The SMILES string of the molecule is C=C(C)CCCC(C)C=CC=Cc1ccccc1. The quantitative estimate of drug-likeness (QED) is 0.427. The van der Waals surface area contributed by atoms with Crippen LogP contribution in [-0.2, 0) is 0 Å². The zero-order valence-corrected chi connectivity index (χ0v) is 11.6. The summed E-state index contributed by atoms with van der Waals surface area (Å²) in [6.07, 6.45) is 12.3. The molecule has 0 amide bonds. The Hall–Kier alpha value is -1.56. The van der Waals surface area contributed by atoms with Gasteiger partial charge in [-0.25, -0.2) is 0 Å². The lowest BCUT2D eigenvalue weighted by Gasteiger charge is -2.04. The van der Waals surface area contributed by atoms with Crippen molar-refractivity contribution in [2.24, 2.45) is 5.92 Å². The van der Waals surface area contributed by atoms with Gasteiger partial charge in [-0.1, -0.05) is 67.1 Å². The molecule has 0 aliphatic carbocycles. The van der Waals surface area contributed by atoms with E-state index in [0.717, 1.165) is 6.42 Å². The Kier molecular flexibility index (Phi) is 6.86. The first-order valence-electron chi connectivity index (χ1n) is 6.73. The normalized spacial score (nSPS) is 13.2. The molecule has 0 bridgehead atoms. The van der Waals surface area contributed by atoms with Crippen LogP contribution < -0.4 is 0 Å². The summed E-state index contributed by atoms with van der Waals surface area (Å²) in [5.41, 5.74) is 2.53. The predicted octanol–water partition coefficient (Wildman–Crippen LogP) is 5.64. The molecule has 18 heavy (non-hydrogen) atoms. The van der Waals surface area contributed by atoms with E-state index in [4.69, 9.17) is 0 Å². The molecule has 0 spiro atoms. The molecule has 0 saturated heterocycles. The van der Waals surface area contributed by atoms with Crippen LogP contribution in [0.2, 0.25) is 0 Å². The molecule has 0 aromatic heterocycles. The zero-order valence-electron chi connectivity index (χ0n) is 11.6. The number of allylic oxidation sites excluding steroid dienone is 4. The average molecular weight is 240 g/mol. The molecular weight excluding hydrogens is 216 g/mol. The van der Waals surface area contributed by atoms with E-state index in [1.807, 2.05) is 6.07 Å². The fourth-order valence-electron chi connectivity index (χ4n) is 1.81. The van der Waals surface area contributed by atoms with Crippen LogP contribution in [0.5, 0.6) is 0 Å². The van der Waals surface area contributed by atoms with Crippen LogP contribution in [-0.4, -0.2) is 0 Å². The van der Waals surface area contributed by atoms with Crippen molar-refractivity contribution in [1.29, 1.82) is 0 Å². The van der Waals surface area contributed by atoms with Gasteiger partial charge < -0.3 is 0 Å². The van der Waals surface area contributed by atoms with Gasteiger partial charge in [0.15, 0.2) is 0 Å². The Morgan fingerprint density at radius 3 is 2.61 bits per heavy atom. The molecule has 0 fully saturated rings. The van der Waals surface area contributed by atoms with Crippen LogP contribution in [0.1, 0.15) is 38.7 Å². The van der Waals surface area contributed by atoms with Crippen molar-refractivity contribution in [3.8, 4) is 0 Å². The average Bonchev–Trinajstić information content (AvgIpc) is 2.35. The number of hydrogen-bond acceptors (Lipinski definition) is 0. The second-order valence-corrected chi connectivity index (χ2v) is 4.98. The van der Waals surface area contributed by atoms with Crippen molar-refractivity contribution in [1.82, 2.24) is 0 Å². The molecule has 0 aliphatic heterocycles. The summed E-state index contributed by atoms with van der Waals surface area (Å²) in [7, 11) is 0. The summed E-state index contributed by atoms with van der Waals surface area (Å²) >= 11 is 0. The van der Waals surface area contributed by atoms with Crippen molar-refractivity contribution in [2.75, 3.05) is 0 Å². The molecule has 1 atom stereocenters. The van der Waals surface area contributed by atoms with Gasteiger partial charge in [-0.3, -0.25) is 0 Å². The summed E-state index contributed by atoms with van der Waals surface area (Å²) in [6, 6.07) is 10.4. The van der Waals surface area contributed by atoms with Crippen LogP contribution in [0.25, 0.3) is 6.08 Å². The Balaban J connectivity index is 2.27. The smallest absolute Gasteiger partial charge is 0.0257 e. The lowest BCUT2D eigenvalue weighted by molar-refractivity contribution is 0.605. The Labute approximate surface area is 112 Å². The van der Waals surface area contributed by atoms with Gasteiger partial charge in [0.05, 0.1) is 0 Å². The van der Waals surface area contributed by atoms with Crippen LogP contribution in [0, 0.1) is 5.92 Å². The van der Waals surface area contributed by atoms with Crippen molar-refractivity contribution in [2.45, 2.75) is 33.1 Å². The van der Waals surface area contributed by atoms with E-state index in [1.54, 1.807) is 0 Å². The van der Waals surface area contributed by atoms with E-state index in [2.05, 4.69) is 69.0 Å². The first-order chi connectivity index (χ1) is 8.68. The van der Waals surface area contributed by atoms with Gasteiger partial charge in [0.1, 0.15) is 0 Å². The largest absolute Gasteiger partial charge is 0.100 e. The van der Waals surface area contributed by atoms with Crippen LogP contribution in [0.3, 0.4) is 0 Å². The van der Waals surface area contributed by atoms with Crippen LogP contribution in [0.15, 0.2) is 60.7 Å². The minimum atomic E-state index is 0.643. The summed E-state index contributed by atoms with van der Waals surface area (Å²) in [6.45, 7) is 8.30. The fourth-order valence-corrected chi connectivity index (χ4v) is 1.81. The highest BCUT2D eigenvalue weighted by Crippen LogP contribution is 2.12. The number of hydrogen-bond donors (Lipinski definition) is 0. The molecule has 0 aliphatic rings. The Morgan fingerprint density at radius 2 is 1.94 bits per heavy atom. The molecule has 0 heterocycles. The number of benzene rings is 1. The van der Waals surface area contributed by atoms with E-state index >= 15 is 0 Å². The zero-order chi connectivity index (χ0) is 13.2. The minimum Gasteiger partial charge on any atom is -0.100 e. The lowest BCUT2D eigenvalue weighted by atomic mass is 10.0. The molecule has 0 nitrogen and oxygen atoms in total. The molecule has 1 aromatic rings. The molecule has 1 rings (SSSR count). The van der Waals surface area contributed by atoms with Gasteiger partial charge in [0.2, 0.25) is 0 Å². The summed E-state index contributed by atoms with van der Waals surface area (Å²) in [4.78, 5) is 0. The van der Waals surface area contributed by atoms with Crippen molar-refractivity contribution in [3.05, 3.63) is 66.3 Å². The van der Waals surface area contributed by atoms with Gasteiger partial charge >= 0.3 is 0 Å². The summed E-state index contributed by atoms with van der Waals surface area (Å²) < 4.78 is 0. The van der Waals surface area contributed by atoms with E-state index in [-0.39, 0.29) is 0 Å². The minimum absolute atomic E-state index is 0.643. The molecule has 1 unspecified atom stereocenters. The van der Waals surface area contributed by atoms with Gasteiger partial charge in [-0.15, -0.1) is 6.58 Å². The Morgan fingerprint density at radius 1 is 1.22 bits per heavy atom.